The van der Waals surface area contributed by atoms with Gasteiger partial charge in [-0.1, -0.05) is 15.9 Å². The molecule has 0 atom stereocenters. The van der Waals surface area contributed by atoms with Gasteiger partial charge in [-0.3, -0.25) is 0 Å². The predicted octanol–water partition coefficient (Wildman–Crippen LogP) is 3.34. The van der Waals surface area contributed by atoms with Gasteiger partial charge in [-0.05, 0) is 37.6 Å². The molecule has 4 nitrogen and oxygen atoms in total. The molecule has 1 aromatic heterocycles. The lowest BCUT2D eigenvalue weighted by atomic mass is 10.2. The third-order valence-electron chi connectivity index (χ3n) is 2.89. The highest BCUT2D eigenvalue weighted by Crippen LogP contribution is 2.23. The van der Waals surface area contributed by atoms with Crippen molar-refractivity contribution in [2.24, 2.45) is 0 Å². The maximum Gasteiger partial charge on any atom is 0.243 e. The molecule has 7 heteroatoms. The second kappa shape index (κ2) is 5.93. The van der Waals surface area contributed by atoms with Crippen LogP contribution in [-0.2, 0) is 16.6 Å². The zero-order chi connectivity index (χ0) is 14.9. The first-order valence-corrected chi connectivity index (χ1v) is 9.05. The van der Waals surface area contributed by atoms with Crippen LogP contribution in [0, 0.1) is 13.8 Å². The summed E-state index contributed by atoms with van der Waals surface area (Å²) in [6.45, 7) is 4.05. The molecule has 0 saturated carbocycles. The minimum absolute atomic E-state index is 0.280. The summed E-state index contributed by atoms with van der Waals surface area (Å²) < 4.78 is 27.2. The standard InChI is InChI=1S/C13H15BrN2O2S2/c1-9-6-12(4-5-13(9)14)20(17,18)16(3)7-11-8-19-10(2)15-11/h4-6,8H,7H2,1-3H3. The van der Waals surface area contributed by atoms with Crippen LogP contribution in [0.4, 0.5) is 0 Å². The van der Waals surface area contributed by atoms with E-state index in [-0.39, 0.29) is 6.54 Å². The van der Waals surface area contributed by atoms with Gasteiger partial charge in [-0.2, -0.15) is 4.31 Å². The van der Waals surface area contributed by atoms with E-state index in [4.69, 9.17) is 0 Å². The van der Waals surface area contributed by atoms with Gasteiger partial charge in [0.05, 0.1) is 22.1 Å². The molecule has 0 fully saturated rings. The number of aryl methyl sites for hydroxylation is 2. The first-order chi connectivity index (χ1) is 9.30. The molecular weight excluding hydrogens is 360 g/mol. The van der Waals surface area contributed by atoms with Crippen LogP contribution >= 0.6 is 27.3 Å². The second-order valence-corrected chi connectivity index (χ2v) is 8.49. The Kier molecular flexibility index (Phi) is 4.63. The van der Waals surface area contributed by atoms with Crippen molar-refractivity contribution in [1.29, 1.82) is 0 Å². The minimum atomic E-state index is -3.49. The van der Waals surface area contributed by atoms with E-state index in [0.717, 1.165) is 20.7 Å². The number of hydrogen-bond donors (Lipinski definition) is 0. The molecular formula is C13H15BrN2O2S2. The normalized spacial score (nSPS) is 12.1. The number of sulfonamides is 1. The Morgan fingerprint density at radius 3 is 2.60 bits per heavy atom. The van der Waals surface area contributed by atoms with E-state index >= 15 is 0 Å². The molecule has 1 aromatic carbocycles. The topological polar surface area (TPSA) is 50.3 Å². The van der Waals surface area contributed by atoms with Crippen molar-refractivity contribution < 1.29 is 8.42 Å². The molecule has 1 heterocycles. The number of hydrogen-bond acceptors (Lipinski definition) is 4. The van der Waals surface area contributed by atoms with Crippen molar-refractivity contribution in [2.75, 3.05) is 7.05 Å². The highest BCUT2D eigenvalue weighted by atomic mass is 79.9. The summed E-state index contributed by atoms with van der Waals surface area (Å²) in [6, 6.07) is 5.03. The van der Waals surface area contributed by atoms with Crippen molar-refractivity contribution in [1.82, 2.24) is 9.29 Å². The third-order valence-corrected chi connectivity index (χ3v) is 6.40. The quantitative estimate of drug-likeness (QED) is 0.824. The predicted molar refractivity (Wildman–Crippen MR) is 84.4 cm³/mol. The van der Waals surface area contributed by atoms with E-state index in [1.807, 2.05) is 19.2 Å². The molecule has 0 aliphatic rings. The Bertz CT molecular complexity index is 726. The lowest BCUT2D eigenvalue weighted by Gasteiger charge is -2.16. The summed E-state index contributed by atoms with van der Waals surface area (Å²) in [6.07, 6.45) is 0. The molecule has 0 amide bonds. The number of benzene rings is 1. The summed E-state index contributed by atoms with van der Waals surface area (Å²) in [7, 11) is -1.92. The van der Waals surface area contributed by atoms with Crippen molar-refractivity contribution in [2.45, 2.75) is 25.3 Å². The highest BCUT2D eigenvalue weighted by molar-refractivity contribution is 9.10. The van der Waals surface area contributed by atoms with Gasteiger partial charge in [0.15, 0.2) is 0 Å². The largest absolute Gasteiger partial charge is 0.245 e. The number of aromatic nitrogens is 1. The van der Waals surface area contributed by atoms with Gasteiger partial charge >= 0.3 is 0 Å². The number of rotatable bonds is 4. The number of halogens is 1. The van der Waals surface area contributed by atoms with E-state index in [0.29, 0.717) is 4.90 Å². The van der Waals surface area contributed by atoms with E-state index < -0.39 is 10.0 Å². The van der Waals surface area contributed by atoms with Crippen LogP contribution < -0.4 is 0 Å². The van der Waals surface area contributed by atoms with E-state index in [9.17, 15) is 8.42 Å². The Morgan fingerprint density at radius 2 is 2.05 bits per heavy atom. The van der Waals surface area contributed by atoms with Crippen LogP contribution in [0.5, 0.6) is 0 Å². The molecule has 0 N–H and O–H groups in total. The van der Waals surface area contributed by atoms with Crippen molar-refractivity contribution in [3.05, 3.63) is 44.3 Å². The van der Waals surface area contributed by atoms with E-state index in [1.165, 1.54) is 15.6 Å². The molecule has 0 aliphatic heterocycles. The summed E-state index contributed by atoms with van der Waals surface area (Å²) in [5.41, 5.74) is 1.66. The van der Waals surface area contributed by atoms with Crippen LogP contribution in [0.3, 0.4) is 0 Å². The maximum absolute atomic E-state index is 12.5. The van der Waals surface area contributed by atoms with Crippen molar-refractivity contribution >= 4 is 37.3 Å². The van der Waals surface area contributed by atoms with Gasteiger partial charge in [0.2, 0.25) is 10.0 Å². The minimum Gasteiger partial charge on any atom is -0.245 e. The smallest absolute Gasteiger partial charge is 0.243 e. The van der Waals surface area contributed by atoms with Gasteiger partial charge in [-0.15, -0.1) is 11.3 Å². The van der Waals surface area contributed by atoms with Crippen LogP contribution in [0.2, 0.25) is 0 Å². The third kappa shape index (κ3) is 3.28. The van der Waals surface area contributed by atoms with Crippen LogP contribution in [0.15, 0.2) is 32.9 Å². The van der Waals surface area contributed by atoms with Gasteiger partial charge in [0.1, 0.15) is 0 Å². The second-order valence-electron chi connectivity index (χ2n) is 4.53. The summed E-state index contributed by atoms with van der Waals surface area (Å²) in [4.78, 5) is 4.59. The molecule has 108 valence electrons. The molecule has 20 heavy (non-hydrogen) atoms. The van der Waals surface area contributed by atoms with Crippen LogP contribution in [0.25, 0.3) is 0 Å². The first-order valence-electron chi connectivity index (χ1n) is 5.94. The van der Waals surface area contributed by atoms with Gasteiger partial charge in [-0.25, -0.2) is 13.4 Å². The first kappa shape index (κ1) is 15.6. The molecule has 2 aromatic rings. The maximum atomic E-state index is 12.5. The Balaban J connectivity index is 2.27. The number of thiazole rings is 1. The Morgan fingerprint density at radius 1 is 1.35 bits per heavy atom. The average molecular weight is 375 g/mol. The molecule has 0 unspecified atom stereocenters. The van der Waals surface area contributed by atoms with Gasteiger partial charge < -0.3 is 0 Å². The fourth-order valence-electron chi connectivity index (χ4n) is 1.75. The molecule has 0 spiro atoms. The SMILES string of the molecule is Cc1nc(CN(C)S(=O)(=O)c2ccc(Br)c(C)c2)cs1. The Labute approximate surface area is 131 Å². The molecule has 0 bridgehead atoms. The molecule has 0 aliphatic carbocycles. The summed E-state index contributed by atoms with van der Waals surface area (Å²) >= 11 is 4.89. The van der Waals surface area contributed by atoms with Crippen molar-refractivity contribution in [3.63, 3.8) is 0 Å². The average Bonchev–Trinajstić information content (AvgIpc) is 2.78. The van der Waals surface area contributed by atoms with E-state index in [1.54, 1.807) is 25.2 Å². The van der Waals surface area contributed by atoms with Crippen LogP contribution in [0.1, 0.15) is 16.3 Å². The molecule has 2 rings (SSSR count). The van der Waals surface area contributed by atoms with E-state index in [2.05, 4.69) is 20.9 Å². The fourth-order valence-corrected chi connectivity index (χ4v) is 3.83. The monoisotopic (exact) mass is 374 g/mol. The Hall–Kier alpha value is -0.760. The highest BCUT2D eigenvalue weighted by Gasteiger charge is 2.22. The van der Waals surface area contributed by atoms with Crippen LogP contribution in [-0.4, -0.2) is 24.8 Å². The summed E-state index contributed by atoms with van der Waals surface area (Å²) in [5, 5.41) is 2.82. The fraction of sp³-hybridized carbons (Fsp3) is 0.308. The number of nitrogens with zero attached hydrogens (tertiary/aromatic N) is 2. The zero-order valence-corrected chi connectivity index (χ0v) is 14.6. The van der Waals surface area contributed by atoms with Gasteiger partial charge in [0.25, 0.3) is 0 Å². The van der Waals surface area contributed by atoms with Crippen molar-refractivity contribution in [3.8, 4) is 0 Å². The molecule has 0 saturated heterocycles. The summed E-state index contributed by atoms with van der Waals surface area (Å²) in [5.74, 6) is 0. The lowest BCUT2D eigenvalue weighted by molar-refractivity contribution is 0.462. The zero-order valence-electron chi connectivity index (χ0n) is 11.4. The lowest BCUT2D eigenvalue weighted by Crippen LogP contribution is -2.26. The molecule has 0 radical (unpaired) electrons. The van der Waals surface area contributed by atoms with Gasteiger partial charge in [0, 0.05) is 16.9 Å².